The molecular weight excluding hydrogens is 282 g/mol. The highest BCUT2D eigenvalue weighted by atomic mass is 35.5. The zero-order valence-corrected chi connectivity index (χ0v) is 14.9. The van der Waals surface area contributed by atoms with Crippen molar-refractivity contribution < 1.29 is 0 Å². The van der Waals surface area contributed by atoms with Gasteiger partial charge in [-0.3, -0.25) is 0 Å². The first-order valence-corrected chi connectivity index (χ1v) is 11.3. The van der Waals surface area contributed by atoms with Gasteiger partial charge < -0.3 is 4.90 Å². The third-order valence-electron chi connectivity index (χ3n) is 4.30. The maximum atomic E-state index is 2.68. The molecular formula is C17H30ClNSi. The number of nitrogens with zero attached hydrogens (tertiary/aromatic N) is 1. The van der Waals surface area contributed by atoms with E-state index in [0.717, 1.165) is 0 Å². The molecule has 0 aliphatic carbocycles. The summed E-state index contributed by atoms with van der Waals surface area (Å²) in [6, 6.07) is 13.9. The van der Waals surface area contributed by atoms with Crippen molar-refractivity contribution in [2.45, 2.75) is 50.9 Å². The van der Waals surface area contributed by atoms with Crippen LogP contribution < -0.4 is 0 Å². The van der Waals surface area contributed by atoms with Gasteiger partial charge in [-0.1, -0.05) is 61.5 Å². The van der Waals surface area contributed by atoms with Crippen LogP contribution in [0.3, 0.4) is 0 Å². The van der Waals surface area contributed by atoms with Crippen molar-refractivity contribution in [3.05, 3.63) is 35.9 Å². The lowest BCUT2D eigenvalue weighted by atomic mass is 10.1. The SMILES string of the molecule is C[Si](C)(CCCN1CCCCC1)Cc1ccccc1.Cl. The molecule has 0 bridgehead atoms. The van der Waals surface area contributed by atoms with E-state index in [0.29, 0.717) is 0 Å². The smallest absolute Gasteiger partial charge is 0.0518 e. The summed E-state index contributed by atoms with van der Waals surface area (Å²) in [6.45, 7) is 9.14. The van der Waals surface area contributed by atoms with Crippen molar-refractivity contribution in [3.63, 3.8) is 0 Å². The lowest BCUT2D eigenvalue weighted by Crippen LogP contribution is -2.34. The number of benzene rings is 1. The fourth-order valence-electron chi connectivity index (χ4n) is 3.20. The molecule has 114 valence electrons. The molecule has 1 nitrogen and oxygen atoms in total. The van der Waals surface area contributed by atoms with E-state index in [-0.39, 0.29) is 12.4 Å². The summed E-state index contributed by atoms with van der Waals surface area (Å²) in [5, 5.41) is 0. The average molecular weight is 312 g/mol. The van der Waals surface area contributed by atoms with Crippen LogP contribution in [0.2, 0.25) is 19.1 Å². The van der Waals surface area contributed by atoms with E-state index >= 15 is 0 Å². The van der Waals surface area contributed by atoms with Crippen molar-refractivity contribution in [3.8, 4) is 0 Å². The molecule has 1 fully saturated rings. The van der Waals surface area contributed by atoms with Crippen molar-refractivity contribution in [1.82, 2.24) is 4.90 Å². The van der Waals surface area contributed by atoms with Gasteiger partial charge in [0.15, 0.2) is 0 Å². The highest BCUT2D eigenvalue weighted by Gasteiger charge is 2.21. The standard InChI is InChI=1S/C17H29NSi.ClH/c1-19(2,16-17-10-5-3-6-11-17)15-9-14-18-12-7-4-8-13-18;/h3,5-6,10-11H,4,7-9,12-16H2,1-2H3;1H. The molecule has 3 heteroatoms. The minimum absolute atomic E-state index is 0. The first-order valence-electron chi connectivity index (χ1n) is 7.92. The van der Waals surface area contributed by atoms with Gasteiger partial charge in [-0.25, -0.2) is 0 Å². The summed E-state index contributed by atoms with van der Waals surface area (Å²) in [6.07, 6.45) is 5.70. The molecule has 0 atom stereocenters. The van der Waals surface area contributed by atoms with Gasteiger partial charge in [-0.05, 0) is 44.9 Å². The molecule has 2 rings (SSSR count). The normalized spacial score (nSPS) is 16.7. The fourth-order valence-corrected chi connectivity index (χ4v) is 5.83. The van der Waals surface area contributed by atoms with E-state index < -0.39 is 8.07 Å². The molecule has 1 aliphatic heterocycles. The summed E-state index contributed by atoms with van der Waals surface area (Å²) in [7, 11) is -1.06. The maximum absolute atomic E-state index is 2.68. The van der Waals surface area contributed by atoms with Crippen LogP contribution in [0, 0.1) is 0 Å². The Morgan fingerprint density at radius 3 is 2.30 bits per heavy atom. The number of likely N-dealkylation sites (tertiary alicyclic amines) is 1. The van der Waals surface area contributed by atoms with Crippen molar-refractivity contribution in [2.75, 3.05) is 19.6 Å². The highest BCUT2D eigenvalue weighted by molar-refractivity contribution is 6.76. The summed E-state index contributed by atoms with van der Waals surface area (Å²) < 4.78 is 0. The van der Waals surface area contributed by atoms with Crippen molar-refractivity contribution >= 4 is 20.5 Å². The number of rotatable bonds is 6. The second-order valence-electron chi connectivity index (χ2n) is 6.83. The van der Waals surface area contributed by atoms with Gasteiger partial charge in [0.2, 0.25) is 0 Å². The molecule has 1 aliphatic rings. The van der Waals surface area contributed by atoms with Gasteiger partial charge in [0, 0.05) is 0 Å². The van der Waals surface area contributed by atoms with Crippen LogP contribution >= 0.6 is 12.4 Å². The lowest BCUT2D eigenvalue weighted by Gasteiger charge is -2.28. The summed E-state index contributed by atoms with van der Waals surface area (Å²) >= 11 is 0. The van der Waals surface area contributed by atoms with Crippen LogP contribution in [0.5, 0.6) is 0 Å². The molecule has 0 saturated carbocycles. The summed E-state index contributed by atoms with van der Waals surface area (Å²) in [5.41, 5.74) is 1.54. The Hall–Kier alpha value is -0.313. The van der Waals surface area contributed by atoms with Crippen LogP contribution in [0.4, 0.5) is 0 Å². The van der Waals surface area contributed by atoms with Crippen molar-refractivity contribution in [1.29, 1.82) is 0 Å². The minimum atomic E-state index is -1.06. The Kier molecular flexibility index (Phi) is 7.86. The third kappa shape index (κ3) is 6.42. The largest absolute Gasteiger partial charge is 0.303 e. The third-order valence-corrected chi connectivity index (χ3v) is 7.37. The van der Waals surface area contributed by atoms with Gasteiger partial charge in [0.05, 0.1) is 8.07 Å². The minimum Gasteiger partial charge on any atom is -0.303 e. The van der Waals surface area contributed by atoms with Gasteiger partial charge in [0.1, 0.15) is 0 Å². The molecule has 0 amide bonds. The second kappa shape index (κ2) is 8.86. The fraction of sp³-hybridized carbons (Fsp3) is 0.647. The monoisotopic (exact) mass is 311 g/mol. The molecule has 1 aromatic rings. The predicted molar refractivity (Wildman–Crippen MR) is 94.6 cm³/mol. The number of piperidine rings is 1. The first kappa shape index (κ1) is 17.7. The maximum Gasteiger partial charge on any atom is 0.0518 e. The molecule has 0 radical (unpaired) electrons. The molecule has 1 aromatic carbocycles. The topological polar surface area (TPSA) is 3.24 Å². The molecule has 0 spiro atoms. The molecule has 1 saturated heterocycles. The molecule has 0 N–H and O–H groups in total. The molecule has 20 heavy (non-hydrogen) atoms. The van der Waals surface area contributed by atoms with E-state index in [1.165, 1.54) is 63.0 Å². The van der Waals surface area contributed by atoms with Gasteiger partial charge >= 0.3 is 0 Å². The van der Waals surface area contributed by atoms with Gasteiger partial charge in [-0.2, -0.15) is 0 Å². The molecule has 0 unspecified atom stereocenters. The lowest BCUT2D eigenvalue weighted by molar-refractivity contribution is 0.229. The Labute approximate surface area is 132 Å². The second-order valence-corrected chi connectivity index (χ2v) is 12.0. The van der Waals surface area contributed by atoms with Gasteiger partial charge in [-0.15, -0.1) is 12.4 Å². The van der Waals surface area contributed by atoms with E-state index in [2.05, 4.69) is 48.3 Å². The number of hydrogen-bond donors (Lipinski definition) is 0. The molecule has 0 aromatic heterocycles. The van der Waals surface area contributed by atoms with Crippen LogP contribution in [-0.2, 0) is 6.04 Å². The average Bonchev–Trinajstić information content (AvgIpc) is 2.40. The van der Waals surface area contributed by atoms with E-state index in [9.17, 15) is 0 Å². The van der Waals surface area contributed by atoms with Gasteiger partial charge in [0.25, 0.3) is 0 Å². The first-order chi connectivity index (χ1) is 9.16. The number of halogens is 1. The van der Waals surface area contributed by atoms with E-state index in [1.807, 2.05) is 0 Å². The Bertz CT molecular complexity index is 361. The number of hydrogen-bond acceptors (Lipinski definition) is 1. The van der Waals surface area contributed by atoms with Crippen LogP contribution in [0.25, 0.3) is 0 Å². The Balaban J connectivity index is 0.00000200. The predicted octanol–water partition coefficient (Wildman–Crippen LogP) is 4.77. The van der Waals surface area contributed by atoms with Crippen LogP contribution in [-0.4, -0.2) is 32.6 Å². The zero-order chi connectivity index (χ0) is 13.6. The van der Waals surface area contributed by atoms with E-state index in [4.69, 9.17) is 0 Å². The summed E-state index contributed by atoms with van der Waals surface area (Å²) in [5.74, 6) is 0. The Morgan fingerprint density at radius 1 is 1.00 bits per heavy atom. The summed E-state index contributed by atoms with van der Waals surface area (Å²) in [4.78, 5) is 2.68. The Morgan fingerprint density at radius 2 is 1.65 bits per heavy atom. The highest BCUT2D eigenvalue weighted by Crippen LogP contribution is 2.19. The van der Waals surface area contributed by atoms with E-state index in [1.54, 1.807) is 0 Å². The quantitative estimate of drug-likeness (QED) is 0.684. The van der Waals surface area contributed by atoms with Crippen molar-refractivity contribution in [2.24, 2.45) is 0 Å². The molecule has 1 heterocycles. The zero-order valence-electron chi connectivity index (χ0n) is 13.1. The van der Waals surface area contributed by atoms with Crippen LogP contribution in [0.1, 0.15) is 31.2 Å². The van der Waals surface area contributed by atoms with Crippen LogP contribution in [0.15, 0.2) is 30.3 Å².